The van der Waals surface area contributed by atoms with E-state index in [2.05, 4.69) is 20.8 Å². The highest BCUT2D eigenvalue weighted by Crippen LogP contribution is 2.19. The molecular weight excluding hydrogens is 360 g/mol. The maximum atomic E-state index is 12.9. The maximum Gasteiger partial charge on any atom is 0.245 e. The Hall–Kier alpha value is -2.97. The lowest BCUT2D eigenvalue weighted by Crippen LogP contribution is -2.37. The molecule has 2 aromatic rings. The van der Waals surface area contributed by atoms with Crippen LogP contribution in [0.25, 0.3) is 0 Å². The second kappa shape index (κ2) is 9.29. The maximum absolute atomic E-state index is 12.9. The highest BCUT2D eigenvalue weighted by Gasteiger charge is 2.24. The monoisotopic (exact) mass is 386 g/mol. The second-order valence-corrected chi connectivity index (χ2v) is 6.87. The highest BCUT2D eigenvalue weighted by atomic mass is 16.5. The summed E-state index contributed by atoms with van der Waals surface area (Å²) >= 11 is 0. The molecule has 2 amide bonds. The SMILES string of the molecule is COc1cccc(C[C@H](C(=O)NCCCN2CCCC2=O)n2nnnc2C)c1. The van der Waals surface area contributed by atoms with E-state index in [0.717, 1.165) is 30.7 Å². The summed E-state index contributed by atoms with van der Waals surface area (Å²) in [6, 6.07) is 7.04. The van der Waals surface area contributed by atoms with Gasteiger partial charge in [-0.2, -0.15) is 0 Å². The van der Waals surface area contributed by atoms with Gasteiger partial charge in [-0.3, -0.25) is 9.59 Å². The van der Waals surface area contributed by atoms with Crippen molar-refractivity contribution in [2.45, 2.75) is 38.6 Å². The number of likely N-dealkylation sites (tertiary alicyclic amines) is 1. The molecule has 3 rings (SSSR count). The minimum atomic E-state index is -0.560. The topological polar surface area (TPSA) is 102 Å². The van der Waals surface area contributed by atoms with Crippen LogP contribution in [-0.2, 0) is 16.0 Å². The van der Waals surface area contributed by atoms with Gasteiger partial charge in [-0.05, 0) is 47.9 Å². The average Bonchev–Trinajstić information content (AvgIpc) is 3.31. The number of nitrogens with zero attached hydrogens (tertiary/aromatic N) is 5. The van der Waals surface area contributed by atoms with E-state index in [1.807, 2.05) is 29.2 Å². The van der Waals surface area contributed by atoms with E-state index in [1.54, 1.807) is 18.7 Å². The summed E-state index contributed by atoms with van der Waals surface area (Å²) in [5, 5.41) is 14.5. The van der Waals surface area contributed by atoms with Gasteiger partial charge in [-0.15, -0.1) is 5.10 Å². The van der Waals surface area contributed by atoms with Gasteiger partial charge in [0.15, 0.2) is 0 Å². The van der Waals surface area contributed by atoms with Gasteiger partial charge < -0.3 is 15.0 Å². The Morgan fingerprint density at radius 2 is 2.25 bits per heavy atom. The molecule has 1 aliphatic rings. The fourth-order valence-electron chi connectivity index (χ4n) is 3.38. The fourth-order valence-corrected chi connectivity index (χ4v) is 3.38. The fraction of sp³-hybridized carbons (Fsp3) is 0.526. The van der Waals surface area contributed by atoms with Gasteiger partial charge in [-0.1, -0.05) is 12.1 Å². The van der Waals surface area contributed by atoms with E-state index < -0.39 is 6.04 Å². The van der Waals surface area contributed by atoms with Crippen molar-refractivity contribution in [3.63, 3.8) is 0 Å². The lowest BCUT2D eigenvalue weighted by Gasteiger charge is -2.19. The standard InChI is InChI=1S/C19H26N6O3/c1-14-21-22-23-25(14)17(13-15-6-3-7-16(12-15)28-2)19(27)20-9-5-11-24-10-4-8-18(24)26/h3,6-7,12,17H,4-5,8-11,13H2,1-2H3,(H,20,27)/t17-/m1/s1. The van der Waals surface area contributed by atoms with Gasteiger partial charge >= 0.3 is 0 Å². The number of nitrogens with one attached hydrogen (secondary N) is 1. The van der Waals surface area contributed by atoms with Crippen LogP contribution in [0, 0.1) is 6.92 Å². The van der Waals surface area contributed by atoms with Gasteiger partial charge in [0.1, 0.15) is 17.6 Å². The average molecular weight is 386 g/mol. The molecule has 1 saturated heterocycles. The van der Waals surface area contributed by atoms with Crippen molar-refractivity contribution < 1.29 is 14.3 Å². The number of hydrogen-bond donors (Lipinski definition) is 1. The van der Waals surface area contributed by atoms with E-state index in [4.69, 9.17) is 4.74 Å². The summed E-state index contributed by atoms with van der Waals surface area (Å²) in [7, 11) is 1.61. The van der Waals surface area contributed by atoms with Gasteiger partial charge in [0.05, 0.1) is 7.11 Å². The lowest BCUT2D eigenvalue weighted by atomic mass is 10.0. The molecule has 0 radical (unpaired) electrons. The molecule has 0 bridgehead atoms. The molecular formula is C19H26N6O3. The molecule has 1 atom stereocenters. The zero-order chi connectivity index (χ0) is 19.9. The van der Waals surface area contributed by atoms with Gasteiger partial charge in [0.25, 0.3) is 0 Å². The summed E-state index contributed by atoms with van der Waals surface area (Å²) in [6.45, 7) is 3.75. The molecule has 0 spiro atoms. The Labute approximate surface area is 164 Å². The zero-order valence-electron chi connectivity index (χ0n) is 16.3. The van der Waals surface area contributed by atoms with E-state index in [9.17, 15) is 9.59 Å². The number of tetrazole rings is 1. The third-order valence-electron chi connectivity index (χ3n) is 4.89. The minimum absolute atomic E-state index is 0.147. The molecule has 2 heterocycles. The number of methoxy groups -OCH3 is 1. The van der Waals surface area contributed by atoms with Crippen LogP contribution >= 0.6 is 0 Å². The molecule has 0 saturated carbocycles. The number of rotatable bonds is 9. The van der Waals surface area contributed by atoms with Crippen molar-refractivity contribution in [2.24, 2.45) is 0 Å². The van der Waals surface area contributed by atoms with Crippen molar-refractivity contribution >= 4 is 11.8 Å². The van der Waals surface area contributed by atoms with Crippen LogP contribution in [0.3, 0.4) is 0 Å². The smallest absolute Gasteiger partial charge is 0.245 e. The Kier molecular flexibility index (Phi) is 6.57. The Balaban J connectivity index is 1.62. The third-order valence-corrected chi connectivity index (χ3v) is 4.89. The summed E-state index contributed by atoms with van der Waals surface area (Å²) < 4.78 is 6.81. The van der Waals surface area contributed by atoms with E-state index in [0.29, 0.717) is 31.8 Å². The van der Waals surface area contributed by atoms with Crippen molar-refractivity contribution in [3.8, 4) is 5.75 Å². The first kappa shape index (κ1) is 19.8. The quantitative estimate of drug-likeness (QED) is 0.643. The summed E-state index contributed by atoms with van der Waals surface area (Å²) in [6.07, 6.45) is 2.72. The van der Waals surface area contributed by atoms with Gasteiger partial charge in [0.2, 0.25) is 11.8 Å². The number of benzene rings is 1. The van der Waals surface area contributed by atoms with Crippen LogP contribution in [0.1, 0.15) is 36.7 Å². The molecule has 1 N–H and O–H groups in total. The Morgan fingerprint density at radius 1 is 1.39 bits per heavy atom. The molecule has 0 unspecified atom stereocenters. The molecule has 150 valence electrons. The number of aryl methyl sites for hydroxylation is 1. The number of ether oxygens (including phenoxy) is 1. The molecule has 1 aromatic carbocycles. The normalized spacial score (nSPS) is 14.9. The van der Waals surface area contributed by atoms with Crippen LogP contribution in [0.5, 0.6) is 5.75 Å². The van der Waals surface area contributed by atoms with Crippen molar-refractivity contribution in [2.75, 3.05) is 26.7 Å². The summed E-state index contributed by atoms with van der Waals surface area (Å²) in [4.78, 5) is 26.4. The predicted molar refractivity (Wildman–Crippen MR) is 102 cm³/mol. The Morgan fingerprint density at radius 3 is 2.93 bits per heavy atom. The van der Waals surface area contributed by atoms with Crippen LogP contribution in [0.4, 0.5) is 0 Å². The number of hydrogen-bond acceptors (Lipinski definition) is 6. The molecule has 1 aromatic heterocycles. The summed E-state index contributed by atoms with van der Waals surface area (Å²) in [5.74, 6) is 1.36. The van der Waals surface area contributed by atoms with Gasteiger partial charge in [0, 0.05) is 32.5 Å². The van der Waals surface area contributed by atoms with Crippen molar-refractivity contribution in [3.05, 3.63) is 35.7 Å². The van der Waals surface area contributed by atoms with Crippen LogP contribution in [0.15, 0.2) is 24.3 Å². The third kappa shape index (κ3) is 4.85. The van der Waals surface area contributed by atoms with Crippen molar-refractivity contribution in [1.82, 2.24) is 30.4 Å². The second-order valence-electron chi connectivity index (χ2n) is 6.87. The van der Waals surface area contributed by atoms with Crippen LogP contribution in [0.2, 0.25) is 0 Å². The van der Waals surface area contributed by atoms with E-state index in [-0.39, 0.29) is 11.8 Å². The van der Waals surface area contributed by atoms with E-state index in [1.165, 1.54) is 0 Å². The molecule has 0 aliphatic carbocycles. The van der Waals surface area contributed by atoms with Crippen LogP contribution < -0.4 is 10.1 Å². The predicted octanol–water partition coefficient (Wildman–Crippen LogP) is 0.903. The Bertz CT molecular complexity index is 822. The van der Waals surface area contributed by atoms with Crippen LogP contribution in [-0.4, -0.2) is 63.7 Å². The van der Waals surface area contributed by atoms with Gasteiger partial charge in [-0.25, -0.2) is 4.68 Å². The van der Waals surface area contributed by atoms with E-state index >= 15 is 0 Å². The first-order chi connectivity index (χ1) is 13.6. The molecule has 28 heavy (non-hydrogen) atoms. The number of carbonyl (C=O) groups is 2. The first-order valence-corrected chi connectivity index (χ1v) is 9.51. The zero-order valence-corrected chi connectivity index (χ0v) is 16.3. The minimum Gasteiger partial charge on any atom is -0.497 e. The molecule has 9 nitrogen and oxygen atoms in total. The first-order valence-electron chi connectivity index (χ1n) is 9.51. The molecule has 1 fully saturated rings. The number of aromatic nitrogens is 4. The number of amides is 2. The lowest BCUT2D eigenvalue weighted by molar-refractivity contribution is -0.127. The molecule has 1 aliphatic heterocycles. The number of carbonyl (C=O) groups excluding carboxylic acids is 2. The summed E-state index contributed by atoms with van der Waals surface area (Å²) in [5.41, 5.74) is 0.956. The largest absolute Gasteiger partial charge is 0.497 e. The van der Waals surface area contributed by atoms with Crippen molar-refractivity contribution in [1.29, 1.82) is 0 Å². The molecule has 9 heteroatoms. The highest BCUT2D eigenvalue weighted by molar-refractivity contribution is 5.80.